The Labute approximate surface area is 118 Å². The van der Waals surface area contributed by atoms with Gasteiger partial charge >= 0.3 is 0 Å². The highest BCUT2D eigenvalue weighted by atomic mass is 32.2. The number of hydrogen-bond donors (Lipinski definition) is 1. The molecule has 0 spiro atoms. The average Bonchev–Trinajstić information content (AvgIpc) is 2.33. The number of piperidine rings is 1. The minimum atomic E-state index is -3.00. The van der Waals surface area contributed by atoms with Crippen LogP contribution in [0.25, 0.3) is 0 Å². The fourth-order valence-corrected chi connectivity index (χ4v) is 3.62. The second-order valence-corrected chi connectivity index (χ2v) is 9.37. The van der Waals surface area contributed by atoms with Gasteiger partial charge in [-0.25, -0.2) is 8.42 Å². The van der Waals surface area contributed by atoms with Gasteiger partial charge in [-0.3, -0.25) is 4.90 Å². The summed E-state index contributed by atoms with van der Waals surface area (Å²) >= 11 is 0. The zero-order valence-electron chi connectivity index (χ0n) is 12.9. The first-order valence-electron chi connectivity index (χ1n) is 7.39. The molecule has 1 N–H and O–H groups in total. The lowest BCUT2D eigenvalue weighted by molar-refractivity contribution is 0.149. The first-order valence-corrected chi connectivity index (χ1v) is 9.04. The monoisotopic (exact) mass is 290 g/mol. The van der Waals surface area contributed by atoms with Gasteiger partial charge in [0.15, 0.2) is 9.84 Å². The fraction of sp³-hybridized carbons (Fsp3) is 1.00. The molecule has 5 heteroatoms. The van der Waals surface area contributed by atoms with Gasteiger partial charge in [-0.1, -0.05) is 6.42 Å². The summed E-state index contributed by atoms with van der Waals surface area (Å²) in [6, 6.07) is 0.552. The van der Waals surface area contributed by atoms with E-state index < -0.39 is 14.6 Å². The van der Waals surface area contributed by atoms with Crippen molar-refractivity contribution in [1.29, 1.82) is 0 Å². The summed E-state index contributed by atoms with van der Waals surface area (Å²) in [5, 5.41) is 3.19. The van der Waals surface area contributed by atoms with Crippen molar-refractivity contribution in [1.82, 2.24) is 10.2 Å². The largest absolute Gasteiger partial charge is 0.320 e. The first-order chi connectivity index (χ1) is 8.78. The molecule has 1 aliphatic heterocycles. The predicted molar refractivity (Wildman–Crippen MR) is 81.3 cm³/mol. The standard InChI is InChI=1S/C14H30N2O2S/c1-14(2,3)19(17,18)12-11-16-10-6-5-7-13(16)8-9-15-4/h13,15H,5-12H2,1-4H3. The molecule has 0 aromatic heterocycles. The molecule has 0 radical (unpaired) electrons. The van der Waals surface area contributed by atoms with E-state index in [1.165, 1.54) is 19.3 Å². The molecule has 0 aromatic rings. The number of sulfone groups is 1. The molecule has 1 heterocycles. The van der Waals surface area contributed by atoms with Gasteiger partial charge in [0.25, 0.3) is 0 Å². The molecule has 4 nitrogen and oxygen atoms in total. The van der Waals surface area contributed by atoms with Crippen molar-refractivity contribution in [3.05, 3.63) is 0 Å². The maximum absolute atomic E-state index is 12.2. The summed E-state index contributed by atoms with van der Waals surface area (Å²) in [5.74, 6) is 0.284. The summed E-state index contributed by atoms with van der Waals surface area (Å²) in [6.45, 7) is 8.11. The lowest BCUT2D eigenvalue weighted by atomic mass is 9.99. The number of nitrogens with zero attached hydrogens (tertiary/aromatic N) is 1. The fourth-order valence-electron chi connectivity index (χ4n) is 2.54. The Hall–Kier alpha value is -0.130. The molecule has 0 aliphatic carbocycles. The van der Waals surface area contributed by atoms with Gasteiger partial charge in [-0.2, -0.15) is 0 Å². The second-order valence-electron chi connectivity index (χ2n) is 6.51. The van der Waals surface area contributed by atoms with Crippen molar-refractivity contribution >= 4 is 9.84 Å². The van der Waals surface area contributed by atoms with Gasteiger partial charge in [0.2, 0.25) is 0 Å². The van der Waals surface area contributed by atoms with Crippen LogP contribution < -0.4 is 5.32 Å². The molecular formula is C14H30N2O2S. The van der Waals surface area contributed by atoms with Crippen LogP contribution in [-0.4, -0.2) is 56.5 Å². The van der Waals surface area contributed by atoms with Crippen LogP contribution in [0.2, 0.25) is 0 Å². The van der Waals surface area contributed by atoms with Crippen molar-refractivity contribution in [2.75, 3.05) is 32.4 Å². The second kappa shape index (κ2) is 7.04. The van der Waals surface area contributed by atoms with E-state index >= 15 is 0 Å². The Bertz CT molecular complexity index is 360. The molecule has 1 aliphatic rings. The quantitative estimate of drug-likeness (QED) is 0.808. The van der Waals surface area contributed by atoms with Crippen molar-refractivity contribution in [2.45, 2.75) is 57.2 Å². The van der Waals surface area contributed by atoms with E-state index in [1.807, 2.05) is 7.05 Å². The number of rotatable bonds is 6. The third kappa shape index (κ3) is 5.04. The Morgan fingerprint density at radius 1 is 1.26 bits per heavy atom. The van der Waals surface area contributed by atoms with Crippen molar-refractivity contribution in [3.63, 3.8) is 0 Å². The molecule has 1 atom stereocenters. The highest BCUT2D eigenvalue weighted by Gasteiger charge is 2.30. The van der Waals surface area contributed by atoms with Crippen LogP contribution in [0.15, 0.2) is 0 Å². The molecule has 114 valence electrons. The Morgan fingerprint density at radius 3 is 2.53 bits per heavy atom. The van der Waals surface area contributed by atoms with Crippen LogP contribution in [-0.2, 0) is 9.84 Å². The maximum Gasteiger partial charge on any atom is 0.156 e. The number of hydrogen-bond acceptors (Lipinski definition) is 4. The topological polar surface area (TPSA) is 49.4 Å². The van der Waals surface area contributed by atoms with Gasteiger partial charge in [0.05, 0.1) is 10.5 Å². The summed E-state index contributed by atoms with van der Waals surface area (Å²) in [5.41, 5.74) is 0. The van der Waals surface area contributed by atoms with Gasteiger partial charge in [0, 0.05) is 12.6 Å². The van der Waals surface area contributed by atoms with E-state index in [0.29, 0.717) is 12.6 Å². The summed E-state index contributed by atoms with van der Waals surface area (Å²) < 4.78 is 23.7. The SMILES string of the molecule is CNCCC1CCCCN1CCS(=O)(=O)C(C)(C)C. The Balaban J connectivity index is 2.54. The van der Waals surface area contributed by atoms with Crippen LogP contribution in [0, 0.1) is 0 Å². The Kier molecular flexibility index (Phi) is 6.27. The average molecular weight is 290 g/mol. The molecule has 1 saturated heterocycles. The summed E-state index contributed by atoms with van der Waals surface area (Å²) in [7, 11) is -1.03. The van der Waals surface area contributed by atoms with Crippen LogP contribution >= 0.6 is 0 Å². The van der Waals surface area contributed by atoms with Crippen LogP contribution in [0.4, 0.5) is 0 Å². The smallest absolute Gasteiger partial charge is 0.156 e. The van der Waals surface area contributed by atoms with Gasteiger partial charge in [-0.15, -0.1) is 0 Å². The van der Waals surface area contributed by atoms with E-state index in [0.717, 1.165) is 19.5 Å². The third-order valence-electron chi connectivity index (χ3n) is 4.06. The molecule has 0 aromatic carbocycles. The van der Waals surface area contributed by atoms with E-state index in [9.17, 15) is 8.42 Å². The maximum atomic E-state index is 12.2. The van der Waals surface area contributed by atoms with E-state index in [4.69, 9.17) is 0 Å². The molecule has 19 heavy (non-hydrogen) atoms. The number of likely N-dealkylation sites (tertiary alicyclic amines) is 1. The summed E-state index contributed by atoms with van der Waals surface area (Å²) in [6.07, 6.45) is 4.80. The Morgan fingerprint density at radius 2 is 1.95 bits per heavy atom. The lowest BCUT2D eigenvalue weighted by Gasteiger charge is -2.36. The minimum Gasteiger partial charge on any atom is -0.320 e. The first kappa shape index (κ1) is 16.9. The molecular weight excluding hydrogens is 260 g/mol. The highest BCUT2D eigenvalue weighted by Crippen LogP contribution is 2.21. The van der Waals surface area contributed by atoms with Crippen molar-refractivity contribution in [2.24, 2.45) is 0 Å². The lowest BCUT2D eigenvalue weighted by Crippen LogP contribution is -2.44. The molecule has 0 saturated carbocycles. The predicted octanol–water partition coefficient (Wildman–Crippen LogP) is 1.66. The van der Waals surface area contributed by atoms with E-state index in [1.54, 1.807) is 20.8 Å². The van der Waals surface area contributed by atoms with Gasteiger partial charge < -0.3 is 5.32 Å². The molecule has 1 rings (SSSR count). The third-order valence-corrected chi connectivity index (χ3v) is 6.64. The normalized spacial score (nSPS) is 22.6. The van der Waals surface area contributed by atoms with Crippen molar-refractivity contribution < 1.29 is 8.42 Å². The van der Waals surface area contributed by atoms with Crippen LogP contribution in [0.5, 0.6) is 0 Å². The van der Waals surface area contributed by atoms with Crippen molar-refractivity contribution in [3.8, 4) is 0 Å². The van der Waals surface area contributed by atoms with Gasteiger partial charge in [-0.05, 0) is 60.2 Å². The van der Waals surface area contributed by atoms with Gasteiger partial charge in [0.1, 0.15) is 0 Å². The van der Waals surface area contributed by atoms with Crippen LogP contribution in [0.3, 0.4) is 0 Å². The van der Waals surface area contributed by atoms with Crippen LogP contribution in [0.1, 0.15) is 46.5 Å². The molecule has 0 amide bonds. The molecule has 0 bridgehead atoms. The number of nitrogens with one attached hydrogen (secondary N) is 1. The zero-order chi connectivity index (χ0) is 14.5. The minimum absolute atomic E-state index is 0.284. The van der Waals surface area contributed by atoms with E-state index in [2.05, 4.69) is 10.2 Å². The van der Waals surface area contributed by atoms with E-state index in [-0.39, 0.29) is 5.75 Å². The zero-order valence-corrected chi connectivity index (χ0v) is 13.7. The molecule has 1 fully saturated rings. The molecule has 1 unspecified atom stereocenters. The summed E-state index contributed by atoms with van der Waals surface area (Å²) in [4.78, 5) is 2.38. The highest BCUT2D eigenvalue weighted by molar-refractivity contribution is 7.92.